The Morgan fingerprint density at radius 1 is 1.26 bits per heavy atom. The smallest absolute Gasteiger partial charge is 0.416 e. The third-order valence-corrected chi connectivity index (χ3v) is 2.86. The van der Waals surface area contributed by atoms with E-state index < -0.39 is 17.7 Å². The van der Waals surface area contributed by atoms with Gasteiger partial charge in [0.1, 0.15) is 0 Å². The van der Waals surface area contributed by atoms with Gasteiger partial charge in [-0.15, -0.1) is 0 Å². The standard InChI is InChI=1S/C14H17F3O2/c1-3-10(2)9-19-13(18)8-11-4-6-12(7-5-11)14(15,16)17/h4-7,10H,3,8-9H2,1-2H3/t10-/m1/s1. The van der Waals surface area contributed by atoms with Crippen LogP contribution in [0.4, 0.5) is 13.2 Å². The van der Waals surface area contributed by atoms with Gasteiger partial charge in [0.2, 0.25) is 0 Å². The lowest BCUT2D eigenvalue weighted by Gasteiger charge is -2.10. The molecule has 1 atom stereocenters. The largest absolute Gasteiger partial charge is 0.465 e. The van der Waals surface area contributed by atoms with Crippen molar-refractivity contribution in [2.75, 3.05) is 6.61 Å². The van der Waals surface area contributed by atoms with E-state index in [2.05, 4.69) is 0 Å². The highest BCUT2D eigenvalue weighted by Gasteiger charge is 2.29. The molecule has 0 aliphatic rings. The zero-order valence-corrected chi connectivity index (χ0v) is 11.0. The molecule has 0 heterocycles. The lowest BCUT2D eigenvalue weighted by molar-refractivity contribution is -0.144. The molecule has 0 N–H and O–H groups in total. The first kappa shape index (κ1) is 15.5. The van der Waals surface area contributed by atoms with E-state index in [9.17, 15) is 18.0 Å². The fourth-order valence-electron chi connectivity index (χ4n) is 1.38. The Hall–Kier alpha value is -1.52. The third kappa shape index (κ3) is 5.32. The van der Waals surface area contributed by atoms with Gasteiger partial charge in [0, 0.05) is 0 Å². The van der Waals surface area contributed by atoms with Crippen LogP contribution in [0.15, 0.2) is 24.3 Å². The molecule has 0 spiro atoms. The number of ether oxygens (including phenoxy) is 1. The molecule has 2 nitrogen and oxygen atoms in total. The van der Waals surface area contributed by atoms with Crippen molar-refractivity contribution in [1.29, 1.82) is 0 Å². The lowest BCUT2D eigenvalue weighted by Crippen LogP contribution is -2.13. The van der Waals surface area contributed by atoms with Crippen LogP contribution in [0.25, 0.3) is 0 Å². The Balaban J connectivity index is 2.51. The van der Waals surface area contributed by atoms with Crippen molar-refractivity contribution in [3.8, 4) is 0 Å². The highest BCUT2D eigenvalue weighted by Crippen LogP contribution is 2.29. The number of hydrogen-bond acceptors (Lipinski definition) is 2. The van der Waals surface area contributed by atoms with Gasteiger partial charge in [0.05, 0.1) is 18.6 Å². The van der Waals surface area contributed by atoms with E-state index >= 15 is 0 Å². The summed E-state index contributed by atoms with van der Waals surface area (Å²) in [5.74, 6) is -0.128. The SMILES string of the molecule is CC[C@@H](C)COC(=O)Cc1ccc(C(F)(F)F)cc1. The quantitative estimate of drug-likeness (QED) is 0.763. The van der Waals surface area contributed by atoms with Crippen LogP contribution < -0.4 is 0 Å². The van der Waals surface area contributed by atoms with Crippen LogP contribution in [0.2, 0.25) is 0 Å². The molecule has 0 aliphatic carbocycles. The molecule has 0 bridgehead atoms. The second kappa shape index (κ2) is 6.59. The number of benzene rings is 1. The molecule has 0 saturated heterocycles. The minimum absolute atomic E-state index is 0.00539. The van der Waals surface area contributed by atoms with Crippen LogP contribution in [0, 0.1) is 5.92 Å². The first-order chi connectivity index (χ1) is 8.82. The minimum Gasteiger partial charge on any atom is -0.465 e. The number of hydrogen-bond donors (Lipinski definition) is 0. The summed E-state index contributed by atoms with van der Waals surface area (Å²) in [6.45, 7) is 4.30. The Labute approximate surface area is 110 Å². The van der Waals surface area contributed by atoms with Gasteiger partial charge in [-0.1, -0.05) is 32.4 Å². The highest BCUT2D eigenvalue weighted by atomic mass is 19.4. The number of alkyl halides is 3. The Bertz CT molecular complexity index is 410. The average Bonchev–Trinajstić information content (AvgIpc) is 2.35. The molecule has 1 rings (SSSR count). The molecule has 19 heavy (non-hydrogen) atoms. The third-order valence-electron chi connectivity index (χ3n) is 2.86. The number of carbonyl (C=O) groups excluding carboxylic acids is 1. The van der Waals surface area contributed by atoms with Crippen molar-refractivity contribution < 1.29 is 22.7 Å². The van der Waals surface area contributed by atoms with Crippen LogP contribution in [-0.4, -0.2) is 12.6 Å². The Kier molecular flexibility index (Phi) is 5.39. The molecular weight excluding hydrogens is 257 g/mol. The van der Waals surface area contributed by atoms with Crippen molar-refractivity contribution in [3.63, 3.8) is 0 Å². The fourth-order valence-corrected chi connectivity index (χ4v) is 1.38. The predicted molar refractivity (Wildman–Crippen MR) is 65.6 cm³/mol. The fraction of sp³-hybridized carbons (Fsp3) is 0.500. The number of esters is 1. The van der Waals surface area contributed by atoms with Crippen LogP contribution in [0.1, 0.15) is 31.4 Å². The summed E-state index contributed by atoms with van der Waals surface area (Å²) >= 11 is 0. The molecule has 1 aromatic carbocycles. The van der Waals surface area contributed by atoms with Crippen LogP contribution in [0.3, 0.4) is 0 Å². The van der Waals surface area contributed by atoms with E-state index in [4.69, 9.17) is 4.74 Å². The maximum absolute atomic E-state index is 12.3. The summed E-state index contributed by atoms with van der Waals surface area (Å²) in [7, 11) is 0. The summed E-state index contributed by atoms with van der Waals surface area (Å²) in [5, 5.41) is 0. The van der Waals surface area contributed by atoms with Gasteiger partial charge < -0.3 is 4.74 Å². The summed E-state index contributed by atoms with van der Waals surface area (Å²) in [5.41, 5.74) is -0.202. The van der Waals surface area contributed by atoms with Gasteiger partial charge in [0.15, 0.2) is 0 Å². The molecule has 106 valence electrons. The van der Waals surface area contributed by atoms with Crippen molar-refractivity contribution >= 4 is 5.97 Å². The van der Waals surface area contributed by atoms with Crippen molar-refractivity contribution in [3.05, 3.63) is 35.4 Å². The predicted octanol–water partition coefficient (Wildman–Crippen LogP) is 3.84. The van der Waals surface area contributed by atoms with Crippen molar-refractivity contribution in [2.24, 2.45) is 5.92 Å². The molecule has 1 aromatic rings. The average molecular weight is 274 g/mol. The second-order valence-electron chi connectivity index (χ2n) is 4.57. The molecule has 0 radical (unpaired) electrons. The number of halogens is 3. The number of carbonyl (C=O) groups is 1. The monoisotopic (exact) mass is 274 g/mol. The second-order valence-corrected chi connectivity index (χ2v) is 4.57. The molecular formula is C14H17F3O2. The molecule has 0 saturated carbocycles. The molecule has 0 amide bonds. The summed E-state index contributed by atoms with van der Waals surface area (Å²) < 4.78 is 42.1. The highest BCUT2D eigenvalue weighted by molar-refractivity contribution is 5.72. The van der Waals surface area contributed by atoms with Crippen molar-refractivity contribution in [1.82, 2.24) is 0 Å². The van der Waals surface area contributed by atoms with Gasteiger partial charge in [0.25, 0.3) is 0 Å². The van der Waals surface area contributed by atoms with Gasteiger partial charge >= 0.3 is 12.1 Å². The molecule has 0 aliphatic heterocycles. The van der Waals surface area contributed by atoms with E-state index in [0.29, 0.717) is 12.2 Å². The minimum atomic E-state index is -4.35. The number of rotatable bonds is 5. The summed E-state index contributed by atoms with van der Waals surface area (Å²) in [6, 6.07) is 4.54. The van der Waals surface area contributed by atoms with Crippen LogP contribution >= 0.6 is 0 Å². The first-order valence-electron chi connectivity index (χ1n) is 6.14. The molecule has 0 fully saturated rings. The maximum atomic E-state index is 12.3. The zero-order valence-electron chi connectivity index (χ0n) is 11.0. The lowest BCUT2D eigenvalue weighted by atomic mass is 10.1. The summed E-state index contributed by atoms with van der Waals surface area (Å²) in [4.78, 5) is 11.5. The van der Waals surface area contributed by atoms with Crippen LogP contribution in [0.5, 0.6) is 0 Å². The Morgan fingerprint density at radius 2 is 1.84 bits per heavy atom. The van der Waals surface area contributed by atoms with Gasteiger partial charge in [-0.05, 0) is 23.6 Å². The maximum Gasteiger partial charge on any atom is 0.416 e. The van der Waals surface area contributed by atoms with E-state index in [1.54, 1.807) is 0 Å². The van der Waals surface area contributed by atoms with E-state index in [-0.39, 0.29) is 12.3 Å². The van der Waals surface area contributed by atoms with Gasteiger partial charge in [-0.25, -0.2) is 0 Å². The molecule has 5 heteroatoms. The Morgan fingerprint density at radius 3 is 2.32 bits per heavy atom. The van der Waals surface area contributed by atoms with E-state index in [1.807, 2.05) is 13.8 Å². The van der Waals surface area contributed by atoms with Crippen LogP contribution in [-0.2, 0) is 22.1 Å². The van der Waals surface area contributed by atoms with Gasteiger partial charge in [-0.3, -0.25) is 4.79 Å². The summed E-state index contributed by atoms with van der Waals surface area (Å²) in [6.07, 6.45) is -3.45. The first-order valence-corrected chi connectivity index (χ1v) is 6.14. The van der Waals surface area contributed by atoms with E-state index in [0.717, 1.165) is 18.6 Å². The van der Waals surface area contributed by atoms with E-state index in [1.165, 1.54) is 12.1 Å². The topological polar surface area (TPSA) is 26.3 Å². The van der Waals surface area contributed by atoms with Crippen molar-refractivity contribution in [2.45, 2.75) is 32.9 Å². The molecule has 0 unspecified atom stereocenters. The zero-order chi connectivity index (χ0) is 14.5. The molecule has 0 aromatic heterocycles. The normalized spacial score (nSPS) is 13.1. The van der Waals surface area contributed by atoms with Gasteiger partial charge in [-0.2, -0.15) is 13.2 Å².